The van der Waals surface area contributed by atoms with Crippen molar-refractivity contribution in [3.8, 4) is 0 Å². The maximum atomic E-state index is 13.2. The lowest BCUT2D eigenvalue weighted by atomic mass is 9.80. The van der Waals surface area contributed by atoms with Crippen molar-refractivity contribution in [1.82, 2.24) is 14.8 Å². The van der Waals surface area contributed by atoms with Crippen LogP contribution in [-0.4, -0.2) is 20.5 Å². The standard InChI is InChI=1S/C19H14Cl2N4OS/c20-11-3-1-4-12(21)16(11)18-17-13(24-19-22-9-23-25(18)19)7-10(8-14(17)26)15-5-2-6-27-15/h1-6,9-10,18H,7-8H2,(H,22,23,24)/t10-,18+/m1/s1. The van der Waals surface area contributed by atoms with Crippen molar-refractivity contribution in [3.63, 3.8) is 0 Å². The van der Waals surface area contributed by atoms with Gasteiger partial charge in [-0.1, -0.05) is 35.3 Å². The number of carbonyl (C=O) groups excluding carboxylic acids is 1. The molecule has 2 aliphatic rings. The monoisotopic (exact) mass is 416 g/mol. The average Bonchev–Trinajstić information content (AvgIpc) is 3.32. The highest BCUT2D eigenvalue weighted by atomic mass is 35.5. The van der Waals surface area contributed by atoms with Crippen LogP contribution in [-0.2, 0) is 4.79 Å². The van der Waals surface area contributed by atoms with Gasteiger partial charge in [0.05, 0.1) is 0 Å². The number of thiophene rings is 1. The number of aromatic nitrogens is 3. The summed E-state index contributed by atoms with van der Waals surface area (Å²) in [6, 6.07) is 8.99. The number of ketones is 1. The van der Waals surface area contributed by atoms with Crippen LogP contribution < -0.4 is 5.32 Å². The SMILES string of the molecule is O=C1C[C@H](c2cccs2)CC2=C1[C@H](c1c(Cl)cccc1Cl)n1ncnc1N2. The molecule has 1 aliphatic heterocycles. The largest absolute Gasteiger partial charge is 0.328 e. The van der Waals surface area contributed by atoms with Crippen LogP contribution in [0.4, 0.5) is 5.95 Å². The molecule has 0 saturated carbocycles. The third-order valence-corrected chi connectivity index (χ3v) is 6.77. The highest BCUT2D eigenvalue weighted by molar-refractivity contribution is 7.10. The van der Waals surface area contributed by atoms with Gasteiger partial charge in [0, 0.05) is 44.1 Å². The van der Waals surface area contributed by atoms with Gasteiger partial charge >= 0.3 is 0 Å². The van der Waals surface area contributed by atoms with Gasteiger partial charge in [-0.15, -0.1) is 11.3 Å². The molecule has 0 saturated heterocycles. The smallest absolute Gasteiger partial charge is 0.226 e. The summed E-state index contributed by atoms with van der Waals surface area (Å²) < 4.78 is 1.69. The molecule has 1 N–H and O–H groups in total. The van der Waals surface area contributed by atoms with E-state index in [1.807, 2.05) is 11.4 Å². The third kappa shape index (κ3) is 2.71. The predicted molar refractivity (Wildman–Crippen MR) is 107 cm³/mol. The minimum Gasteiger partial charge on any atom is -0.328 e. The fourth-order valence-corrected chi connectivity index (χ4v) is 5.35. The molecule has 1 aromatic carbocycles. The lowest BCUT2D eigenvalue weighted by Crippen LogP contribution is -2.33. The lowest BCUT2D eigenvalue weighted by molar-refractivity contribution is -0.116. The maximum absolute atomic E-state index is 13.2. The Balaban J connectivity index is 1.67. The zero-order valence-electron chi connectivity index (χ0n) is 14.0. The molecular weight excluding hydrogens is 403 g/mol. The molecule has 0 radical (unpaired) electrons. The summed E-state index contributed by atoms with van der Waals surface area (Å²) in [5, 5.41) is 10.7. The number of carbonyl (C=O) groups is 1. The van der Waals surface area contributed by atoms with Crippen LogP contribution >= 0.6 is 34.5 Å². The normalized spacial score (nSPS) is 21.6. The number of benzene rings is 1. The van der Waals surface area contributed by atoms with Crippen molar-refractivity contribution in [2.75, 3.05) is 5.32 Å². The fraction of sp³-hybridized carbons (Fsp3) is 0.211. The average molecular weight is 417 g/mol. The van der Waals surface area contributed by atoms with Gasteiger partial charge < -0.3 is 5.32 Å². The van der Waals surface area contributed by atoms with Crippen molar-refractivity contribution >= 4 is 46.3 Å². The zero-order valence-corrected chi connectivity index (χ0v) is 16.4. The van der Waals surface area contributed by atoms with Gasteiger partial charge in [-0.05, 0) is 30.0 Å². The van der Waals surface area contributed by atoms with Gasteiger partial charge in [-0.2, -0.15) is 10.1 Å². The van der Waals surface area contributed by atoms with Crippen molar-refractivity contribution in [3.05, 3.63) is 73.8 Å². The number of halogens is 2. The van der Waals surface area contributed by atoms with Gasteiger partial charge in [0.15, 0.2) is 5.78 Å². The van der Waals surface area contributed by atoms with Crippen molar-refractivity contribution in [2.24, 2.45) is 0 Å². The molecule has 5 rings (SSSR count). The van der Waals surface area contributed by atoms with Crippen molar-refractivity contribution in [1.29, 1.82) is 0 Å². The Labute approximate surface area is 169 Å². The van der Waals surface area contributed by atoms with Gasteiger partial charge in [-0.3, -0.25) is 4.79 Å². The molecule has 0 spiro atoms. The first-order valence-electron chi connectivity index (χ1n) is 8.53. The number of anilines is 1. The van der Waals surface area contributed by atoms with E-state index in [0.29, 0.717) is 33.6 Å². The molecule has 2 aromatic heterocycles. The highest BCUT2D eigenvalue weighted by Crippen LogP contribution is 2.47. The lowest BCUT2D eigenvalue weighted by Gasteiger charge is -2.35. The molecule has 0 unspecified atom stereocenters. The van der Waals surface area contributed by atoms with Crippen LogP contribution in [0.25, 0.3) is 0 Å². The molecule has 0 amide bonds. The Morgan fingerprint density at radius 1 is 1.15 bits per heavy atom. The molecule has 136 valence electrons. The third-order valence-electron chi connectivity index (χ3n) is 5.08. The number of hydrogen-bond acceptors (Lipinski definition) is 5. The van der Waals surface area contributed by atoms with E-state index in [-0.39, 0.29) is 11.7 Å². The molecule has 1 aliphatic carbocycles. The summed E-state index contributed by atoms with van der Waals surface area (Å²) in [5.41, 5.74) is 2.24. The quantitative estimate of drug-likeness (QED) is 0.633. The molecule has 3 aromatic rings. The highest BCUT2D eigenvalue weighted by Gasteiger charge is 2.40. The number of hydrogen-bond donors (Lipinski definition) is 1. The fourth-order valence-electron chi connectivity index (χ4n) is 3.92. The molecular formula is C19H14Cl2N4OS. The first kappa shape index (κ1) is 17.0. The Hall–Kier alpha value is -2.15. The summed E-state index contributed by atoms with van der Waals surface area (Å²) in [7, 11) is 0. The molecule has 2 atom stereocenters. The Bertz CT molecular complexity index is 1050. The minimum atomic E-state index is -0.475. The first-order chi connectivity index (χ1) is 13.1. The molecule has 5 nitrogen and oxygen atoms in total. The number of nitrogens with one attached hydrogen (secondary N) is 1. The Kier molecular flexibility index (Phi) is 4.07. The first-order valence-corrected chi connectivity index (χ1v) is 10.2. The number of rotatable bonds is 2. The van der Waals surface area contributed by atoms with Crippen molar-refractivity contribution < 1.29 is 4.79 Å². The van der Waals surface area contributed by atoms with E-state index in [0.717, 1.165) is 12.1 Å². The van der Waals surface area contributed by atoms with Gasteiger partial charge in [0.1, 0.15) is 12.4 Å². The second-order valence-corrected chi connectivity index (χ2v) is 8.42. The van der Waals surface area contributed by atoms with E-state index in [9.17, 15) is 4.79 Å². The number of nitrogens with zero attached hydrogens (tertiary/aromatic N) is 3. The summed E-state index contributed by atoms with van der Waals surface area (Å²) in [6.07, 6.45) is 2.68. The summed E-state index contributed by atoms with van der Waals surface area (Å²) in [5.74, 6) is 0.847. The predicted octanol–water partition coefficient (Wildman–Crippen LogP) is 5.06. The van der Waals surface area contributed by atoms with Gasteiger partial charge in [0.25, 0.3) is 0 Å². The van der Waals surface area contributed by atoms with E-state index in [1.165, 1.54) is 11.2 Å². The van der Waals surface area contributed by atoms with E-state index in [1.54, 1.807) is 34.2 Å². The molecule has 27 heavy (non-hydrogen) atoms. The number of Topliss-reactive ketones (excluding diaryl/α,β-unsaturated/α-hetero) is 1. The molecule has 3 heterocycles. The zero-order chi connectivity index (χ0) is 18.5. The number of fused-ring (bicyclic) bond motifs is 1. The van der Waals surface area contributed by atoms with E-state index in [4.69, 9.17) is 23.2 Å². The Morgan fingerprint density at radius 2 is 1.96 bits per heavy atom. The molecule has 0 fully saturated rings. The van der Waals surface area contributed by atoms with Crippen molar-refractivity contribution in [2.45, 2.75) is 24.8 Å². The maximum Gasteiger partial charge on any atom is 0.226 e. The second kappa shape index (κ2) is 6.48. The van der Waals surface area contributed by atoms with E-state index >= 15 is 0 Å². The summed E-state index contributed by atoms with van der Waals surface area (Å²) in [6.45, 7) is 0. The van der Waals surface area contributed by atoms with Crippen LogP contribution in [0.1, 0.15) is 35.2 Å². The topological polar surface area (TPSA) is 59.8 Å². The minimum absolute atomic E-state index is 0.0873. The van der Waals surface area contributed by atoms with E-state index in [2.05, 4.69) is 21.5 Å². The van der Waals surface area contributed by atoms with E-state index < -0.39 is 6.04 Å². The van der Waals surface area contributed by atoms with Crippen LogP contribution in [0.2, 0.25) is 10.0 Å². The van der Waals surface area contributed by atoms with Gasteiger partial charge in [-0.25, -0.2) is 4.68 Å². The summed E-state index contributed by atoms with van der Waals surface area (Å²) >= 11 is 14.7. The summed E-state index contributed by atoms with van der Waals surface area (Å²) in [4.78, 5) is 18.8. The van der Waals surface area contributed by atoms with Gasteiger partial charge in [0.2, 0.25) is 5.95 Å². The number of allylic oxidation sites excluding steroid dienone is 2. The molecule has 0 bridgehead atoms. The molecule has 8 heteroatoms. The van der Waals surface area contributed by atoms with Crippen LogP contribution in [0.15, 0.2) is 53.3 Å². The van der Waals surface area contributed by atoms with Crippen LogP contribution in [0, 0.1) is 0 Å². The van der Waals surface area contributed by atoms with Crippen LogP contribution in [0.5, 0.6) is 0 Å². The second-order valence-electron chi connectivity index (χ2n) is 6.63. The Morgan fingerprint density at radius 3 is 2.70 bits per heavy atom. The van der Waals surface area contributed by atoms with Crippen LogP contribution in [0.3, 0.4) is 0 Å².